The summed E-state index contributed by atoms with van der Waals surface area (Å²) in [5.74, 6) is -0.0543. The van der Waals surface area contributed by atoms with Crippen molar-refractivity contribution in [2.75, 3.05) is 10.5 Å². The lowest BCUT2D eigenvalue weighted by molar-refractivity contribution is 0.591. The van der Waals surface area contributed by atoms with E-state index in [1.165, 1.54) is 25.1 Å². The van der Waals surface area contributed by atoms with Crippen LogP contribution in [0.3, 0.4) is 0 Å². The van der Waals surface area contributed by atoms with Crippen LogP contribution in [0.25, 0.3) is 11.3 Å². The molecule has 1 heterocycles. The Kier molecular flexibility index (Phi) is 5.69. The molecule has 1 aromatic heterocycles. The van der Waals surface area contributed by atoms with E-state index in [4.69, 9.17) is 11.6 Å². The fourth-order valence-electron chi connectivity index (χ4n) is 2.37. The quantitative estimate of drug-likeness (QED) is 0.633. The number of benzene rings is 2. The molecule has 0 bridgehead atoms. The van der Waals surface area contributed by atoms with Gasteiger partial charge in [0, 0.05) is 11.3 Å². The topological polar surface area (TPSA) is 106 Å². The minimum atomic E-state index is -3.82. The van der Waals surface area contributed by atoms with Crippen LogP contribution in [-0.4, -0.2) is 32.8 Å². The highest BCUT2D eigenvalue weighted by Gasteiger charge is 2.18. The average molecular weight is 438 g/mol. The number of aromatic nitrogens is 2. The molecule has 0 aliphatic rings. The lowest BCUT2D eigenvalue weighted by Gasteiger charge is -2.10. The molecule has 0 saturated heterocycles. The van der Waals surface area contributed by atoms with Gasteiger partial charge in [-0.1, -0.05) is 42.8 Å². The first kappa shape index (κ1) is 20.2. The average Bonchev–Trinajstić information content (AvgIpc) is 2.68. The molecule has 28 heavy (non-hydrogen) atoms. The molecule has 0 aliphatic carbocycles. The molecule has 0 unspecified atom stereocenters. The van der Waals surface area contributed by atoms with Crippen LogP contribution < -0.4 is 4.72 Å². The van der Waals surface area contributed by atoms with Crippen LogP contribution in [-0.2, 0) is 19.9 Å². The second-order valence-corrected chi connectivity index (χ2v) is 10.1. The number of rotatable bonds is 6. The standard InChI is InChI=1S/C18H16ClN3O4S2/c1-2-27(23,24)18-12-11-16(20-21-18)13-7-9-14(10-8-13)22-28(25,26)17-6-4-3-5-15(17)19/h3-12,22H,2H2,1H3. The van der Waals surface area contributed by atoms with Crippen LogP contribution >= 0.6 is 11.6 Å². The zero-order valence-corrected chi connectivity index (χ0v) is 17.1. The highest BCUT2D eigenvalue weighted by Crippen LogP contribution is 2.25. The summed E-state index contributed by atoms with van der Waals surface area (Å²) in [4.78, 5) is -0.0145. The third-order valence-corrected chi connectivity index (χ3v) is 7.39. The number of hydrogen-bond donors (Lipinski definition) is 1. The first-order valence-electron chi connectivity index (χ1n) is 8.17. The van der Waals surface area contributed by atoms with Crippen molar-refractivity contribution in [2.45, 2.75) is 16.8 Å². The van der Waals surface area contributed by atoms with Gasteiger partial charge in [-0.05, 0) is 36.4 Å². The monoisotopic (exact) mass is 437 g/mol. The number of halogens is 1. The van der Waals surface area contributed by atoms with Crippen LogP contribution in [0, 0.1) is 0 Å². The van der Waals surface area contributed by atoms with E-state index < -0.39 is 19.9 Å². The smallest absolute Gasteiger partial charge is 0.263 e. The maximum atomic E-state index is 12.5. The van der Waals surface area contributed by atoms with E-state index in [1.807, 2.05) is 0 Å². The third kappa shape index (κ3) is 4.32. The van der Waals surface area contributed by atoms with Gasteiger partial charge >= 0.3 is 0 Å². The molecule has 146 valence electrons. The first-order valence-corrected chi connectivity index (χ1v) is 11.7. The summed E-state index contributed by atoms with van der Waals surface area (Å²) in [5, 5.41) is 7.75. The van der Waals surface area contributed by atoms with Crippen molar-refractivity contribution in [1.29, 1.82) is 0 Å². The maximum Gasteiger partial charge on any atom is 0.263 e. The van der Waals surface area contributed by atoms with Gasteiger partial charge in [0.05, 0.1) is 16.5 Å². The largest absolute Gasteiger partial charge is 0.280 e. The zero-order valence-electron chi connectivity index (χ0n) is 14.7. The molecule has 0 saturated carbocycles. The molecule has 0 atom stereocenters. The fourth-order valence-corrected chi connectivity index (χ4v) is 4.69. The number of sulfone groups is 1. The van der Waals surface area contributed by atoms with Gasteiger partial charge in [0.2, 0.25) is 0 Å². The van der Waals surface area contributed by atoms with Gasteiger partial charge in [0.15, 0.2) is 14.9 Å². The summed E-state index contributed by atoms with van der Waals surface area (Å²) in [5.41, 5.74) is 1.48. The van der Waals surface area contributed by atoms with Gasteiger partial charge in [-0.2, -0.15) is 0 Å². The molecule has 0 fully saturated rings. The summed E-state index contributed by atoms with van der Waals surface area (Å²) in [7, 11) is -7.24. The summed E-state index contributed by atoms with van der Waals surface area (Å²) >= 11 is 5.96. The first-order chi connectivity index (χ1) is 13.2. The predicted octanol–water partition coefficient (Wildman–Crippen LogP) is 3.39. The van der Waals surface area contributed by atoms with E-state index in [-0.39, 0.29) is 20.7 Å². The molecule has 0 spiro atoms. The van der Waals surface area contributed by atoms with Crippen molar-refractivity contribution in [3.63, 3.8) is 0 Å². The number of hydrogen-bond acceptors (Lipinski definition) is 6. The van der Waals surface area contributed by atoms with E-state index in [0.717, 1.165) is 0 Å². The minimum Gasteiger partial charge on any atom is -0.280 e. The number of nitrogens with one attached hydrogen (secondary N) is 1. The molecular formula is C18H16ClN3O4S2. The van der Waals surface area contributed by atoms with Crippen molar-refractivity contribution in [1.82, 2.24) is 10.2 Å². The van der Waals surface area contributed by atoms with Crippen LogP contribution in [0.2, 0.25) is 5.02 Å². The lowest BCUT2D eigenvalue weighted by atomic mass is 10.1. The van der Waals surface area contributed by atoms with Gasteiger partial charge in [-0.3, -0.25) is 4.72 Å². The number of sulfonamides is 1. The Morgan fingerprint density at radius 3 is 2.14 bits per heavy atom. The van der Waals surface area contributed by atoms with Gasteiger partial charge in [0.1, 0.15) is 4.90 Å². The fraction of sp³-hybridized carbons (Fsp3) is 0.111. The number of anilines is 1. The summed E-state index contributed by atoms with van der Waals surface area (Å²) in [6.07, 6.45) is 0. The second-order valence-electron chi connectivity index (χ2n) is 5.77. The second kappa shape index (κ2) is 7.86. The highest BCUT2D eigenvalue weighted by atomic mass is 35.5. The van der Waals surface area contributed by atoms with E-state index in [2.05, 4.69) is 14.9 Å². The molecule has 0 amide bonds. The molecule has 0 radical (unpaired) electrons. The van der Waals surface area contributed by atoms with Crippen LogP contribution in [0.1, 0.15) is 6.92 Å². The van der Waals surface area contributed by atoms with E-state index >= 15 is 0 Å². The van der Waals surface area contributed by atoms with Gasteiger partial charge < -0.3 is 0 Å². The maximum absolute atomic E-state index is 12.5. The summed E-state index contributed by atoms with van der Waals surface area (Å²) < 4.78 is 51.0. The normalized spacial score (nSPS) is 11.9. The van der Waals surface area contributed by atoms with E-state index in [1.54, 1.807) is 42.5 Å². The van der Waals surface area contributed by atoms with Crippen molar-refractivity contribution in [2.24, 2.45) is 0 Å². The molecule has 7 nitrogen and oxygen atoms in total. The Morgan fingerprint density at radius 1 is 0.893 bits per heavy atom. The Hall–Kier alpha value is -2.49. The molecule has 1 N–H and O–H groups in total. The van der Waals surface area contributed by atoms with Crippen LogP contribution in [0.4, 0.5) is 5.69 Å². The van der Waals surface area contributed by atoms with E-state index in [0.29, 0.717) is 16.9 Å². The van der Waals surface area contributed by atoms with Crippen molar-refractivity contribution in [3.8, 4) is 11.3 Å². The van der Waals surface area contributed by atoms with Gasteiger partial charge in [-0.25, -0.2) is 16.8 Å². The molecule has 10 heteroatoms. The highest BCUT2D eigenvalue weighted by molar-refractivity contribution is 7.92. The summed E-state index contributed by atoms with van der Waals surface area (Å²) in [6, 6.07) is 15.6. The Balaban J connectivity index is 1.81. The lowest BCUT2D eigenvalue weighted by Crippen LogP contribution is -2.13. The predicted molar refractivity (Wildman–Crippen MR) is 107 cm³/mol. The third-order valence-electron chi connectivity index (χ3n) is 3.90. The molecule has 3 aromatic rings. The van der Waals surface area contributed by atoms with Crippen LogP contribution in [0.5, 0.6) is 0 Å². The van der Waals surface area contributed by atoms with Crippen LogP contribution in [0.15, 0.2) is 70.6 Å². The van der Waals surface area contributed by atoms with Gasteiger partial charge in [0.25, 0.3) is 10.0 Å². The SMILES string of the molecule is CCS(=O)(=O)c1ccc(-c2ccc(NS(=O)(=O)c3ccccc3Cl)cc2)nn1. The molecule has 0 aliphatic heterocycles. The summed E-state index contributed by atoms with van der Waals surface area (Å²) in [6.45, 7) is 1.54. The number of nitrogens with zero attached hydrogens (tertiary/aromatic N) is 2. The van der Waals surface area contributed by atoms with Gasteiger partial charge in [-0.15, -0.1) is 10.2 Å². The zero-order chi connectivity index (χ0) is 20.4. The van der Waals surface area contributed by atoms with Crippen molar-refractivity contribution >= 4 is 37.1 Å². The van der Waals surface area contributed by atoms with Crippen molar-refractivity contribution in [3.05, 3.63) is 65.7 Å². The Labute approximate surface area is 168 Å². The molecule has 2 aromatic carbocycles. The Bertz CT molecular complexity index is 1190. The molecule has 3 rings (SSSR count). The molecular weight excluding hydrogens is 422 g/mol. The Morgan fingerprint density at radius 2 is 1.57 bits per heavy atom. The van der Waals surface area contributed by atoms with E-state index in [9.17, 15) is 16.8 Å². The minimum absolute atomic E-state index is 0.0145. The van der Waals surface area contributed by atoms with Crippen molar-refractivity contribution < 1.29 is 16.8 Å².